The fourth-order valence-electron chi connectivity index (χ4n) is 1.42. The minimum atomic E-state index is -0.618. The van der Waals surface area contributed by atoms with Gasteiger partial charge in [-0.15, -0.1) is 0 Å². The maximum atomic E-state index is 10.9. The standard InChI is InChI=1S/2C9H16O4.Zr/c2*1-4-5-8(10)6-9(11)13-12-7(2)3;/h2*7H,4-6H2,1-3H3;. The third-order valence-corrected chi connectivity index (χ3v) is 2.41. The van der Waals surface area contributed by atoms with Crippen LogP contribution in [-0.2, 0) is 64.9 Å². The molecule has 0 saturated carbocycles. The average Bonchev–Trinajstić information content (AvgIpc) is 2.52. The van der Waals surface area contributed by atoms with Gasteiger partial charge in [-0.25, -0.2) is 9.59 Å². The second-order valence-electron chi connectivity index (χ2n) is 6.13. The largest absolute Gasteiger partial charge is 0.349 e. The van der Waals surface area contributed by atoms with E-state index in [1.807, 2.05) is 13.8 Å². The van der Waals surface area contributed by atoms with Gasteiger partial charge in [0.2, 0.25) is 0 Å². The Morgan fingerprint density at radius 3 is 1.19 bits per heavy atom. The van der Waals surface area contributed by atoms with Crippen molar-refractivity contribution in [1.82, 2.24) is 0 Å². The molecule has 8 nitrogen and oxygen atoms in total. The molecular weight excluding hydrogens is 435 g/mol. The van der Waals surface area contributed by atoms with Gasteiger partial charge in [-0.1, -0.05) is 13.8 Å². The second kappa shape index (κ2) is 19.8. The van der Waals surface area contributed by atoms with Crippen molar-refractivity contribution in [2.24, 2.45) is 0 Å². The van der Waals surface area contributed by atoms with E-state index in [0.29, 0.717) is 12.8 Å². The van der Waals surface area contributed by atoms with Gasteiger partial charge in [-0.05, 0) is 40.5 Å². The van der Waals surface area contributed by atoms with Crippen LogP contribution in [-0.4, -0.2) is 35.7 Å². The molecule has 0 radical (unpaired) electrons. The minimum Gasteiger partial charge on any atom is -0.299 e. The summed E-state index contributed by atoms with van der Waals surface area (Å²) >= 11 is 0. The van der Waals surface area contributed by atoms with E-state index >= 15 is 0 Å². The van der Waals surface area contributed by atoms with Crippen molar-refractivity contribution in [3.63, 3.8) is 0 Å². The molecule has 0 bridgehead atoms. The molecule has 0 fully saturated rings. The summed E-state index contributed by atoms with van der Waals surface area (Å²) in [5.74, 6) is -1.46. The smallest absolute Gasteiger partial charge is 0.299 e. The zero-order valence-corrected chi connectivity index (χ0v) is 19.6. The molecule has 27 heavy (non-hydrogen) atoms. The first-order chi connectivity index (χ1) is 12.1. The molecule has 0 aromatic heterocycles. The van der Waals surface area contributed by atoms with Gasteiger partial charge in [0.15, 0.2) is 0 Å². The zero-order chi connectivity index (χ0) is 20.5. The van der Waals surface area contributed by atoms with Crippen molar-refractivity contribution in [1.29, 1.82) is 0 Å². The van der Waals surface area contributed by atoms with Crippen molar-refractivity contribution in [3.05, 3.63) is 0 Å². The van der Waals surface area contributed by atoms with Gasteiger partial charge in [-0.2, -0.15) is 9.78 Å². The Bertz CT molecular complexity index is 395. The van der Waals surface area contributed by atoms with E-state index in [1.54, 1.807) is 27.7 Å². The SMILES string of the molecule is CCCC(=O)CC(=O)OOC(C)C.CCCC(=O)CC(=O)OOC(C)C.[Zr]. The minimum absolute atomic E-state index is 0. The first-order valence-corrected chi connectivity index (χ1v) is 8.87. The number of rotatable bonds is 12. The molecule has 156 valence electrons. The van der Waals surface area contributed by atoms with Crippen molar-refractivity contribution < 1.29 is 64.9 Å². The van der Waals surface area contributed by atoms with Crippen LogP contribution < -0.4 is 0 Å². The Kier molecular flexibility index (Phi) is 22.6. The van der Waals surface area contributed by atoms with Gasteiger partial charge in [0.1, 0.15) is 24.4 Å². The fraction of sp³-hybridized carbons (Fsp3) is 0.778. The van der Waals surface area contributed by atoms with Gasteiger partial charge >= 0.3 is 11.9 Å². The first-order valence-electron chi connectivity index (χ1n) is 8.87. The molecular formula is C18H32O8Zr. The van der Waals surface area contributed by atoms with Crippen molar-refractivity contribution >= 4 is 23.5 Å². The summed E-state index contributed by atoms with van der Waals surface area (Å²) in [6, 6.07) is 0. The molecule has 0 aromatic carbocycles. The molecule has 0 aromatic rings. The maximum absolute atomic E-state index is 10.9. The van der Waals surface area contributed by atoms with Crippen LogP contribution >= 0.6 is 0 Å². The van der Waals surface area contributed by atoms with E-state index in [4.69, 9.17) is 0 Å². The molecule has 0 saturated heterocycles. The topological polar surface area (TPSA) is 105 Å². The molecule has 0 spiro atoms. The van der Waals surface area contributed by atoms with Crippen molar-refractivity contribution in [2.45, 2.75) is 92.3 Å². The summed E-state index contributed by atoms with van der Waals surface area (Å²) in [4.78, 5) is 61.5. The number of hydrogen-bond acceptors (Lipinski definition) is 8. The molecule has 0 N–H and O–H groups in total. The van der Waals surface area contributed by atoms with Crippen LogP contribution in [0.2, 0.25) is 0 Å². The molecule has 0 aliphatic heterocycles. The van der Waals surface area contributed by atoms with Crippen LogP contribution in [0.4, 0.5) is 0 Å². The van der Waals surface area contributed by atoms with Crippen molar-refractivity contribution in [3.8, 4) is 0 Å². The van der Waals surface area contributed by atoms with Gasteiger partial charge < -0.3 is 0 Å². The molecule has 0 aliphatic carbocycles. The predicted molar refractivity (Wildman–Crippen MR) is 93.7 cm³/mol. The molecule has 0 atom stereocenters. The number of hydrogen-bond donors (Lipinski definition) is 0. The van der Waals surface area contributed by atoms with Crippen LogP contribution in [0.1, 0.15) is 80.1 Å². The van der Waals surface area contributed by atoms with Crippen molar-refractivity contribution in [2.75, 3.05) is 0 Å². The molecule has 0 amide bonds. The molecule has 9 heteroatoms. The Hall–Kier alpha value is -0.917. The van der Waals surface area contributed by atoms with E-state index in [2.05, 4.69) is 19.6 Å². The zero-order valence-electron chi connectivity index (χ0n) is 17.2. The monoisotopic (exact) mass is 466 g/mol. The summed E-state index contributed by atoms with van der Waals surface area (Å²) in [7, 11) is 0. The average molecular weight is 468 g/mol. The van der Waals surface area contributed by atoms with Gasteiger partial charge in [0, 0.05) is 39.0 Å². The van der Waals surface area contributed by atoms with Gasteiger partial charge in [0.25, 0.3) is 0 Å². The second-order valence-corrected chi connectivity index (χ2v) is 6.13. The summed E-state index contributed by atoms with van der Waals surface area (Å²) < 4.78 is 0. The molecule has 0 aliphatic rings. The number of ketones is 2. The van der Waals surface area contributed by atoms with Crippen LogP contribution in [0.3, 0.4) is 0 Å². The first kappa shape index (κ1) is 30.8. The quantitative estimate of drug-likeness (QED) is 0.245. The molecule has 0 heterocycles. The predicted octanol–water partition coefficient (Wildman–Crippen LogP) is 3.26. The van der Waals surface area contributed by atoms with Crippen LogP contribution in [0, 0.1) is 0 Å². The van der Waals surface area contributed by atoms with Gasteiger partial charge in [0.05, 0.1) is 12.2 Å². The summed E-state index contributed by atoms with van der Waals surface area (Å²) in [6.45, 7) is 10.7. The number of carbonyl (C=O) groups is 4. The molecule has 0 rings (SSSR count). The van der Waals surface area contributed by atoms with E-state index in [0.717, 1.165) is 12.8 Å². The fourth-order valence-corrected chi connectivity index (χ4v) is 1.42. The summed E-state index contributed by atoms with van der Waals surface area (Å²) in [5, 5.41) is 0. The van der Waals surface area contributed by atoms with Crippen LogP contribution in [0.15, 0.2) is 0 Å². The van der Waals surface area contributed by atoms with E-state index in [1.165, 1.54) is 0 Å². The number of carbonyl (C=O) groups excluding carboxylic acids is 4. The Morgan fingerprint density at radius 1 is 0.667 bits per heavy atom. The van der Waals surface area contributed by atoms with Crippen LogP contribution in [0.5, 0.6) is 0 Å². The third kappa shape index (κ3) is 25.1. The number of Topliss-reactive ketones (excluding diaryl/α,β-unsaturated/α-hetero) is 2. The third-order valence-electron chi connectivity index (χ3n) is 2.41. The Morgan fingerprint density at radius 2 is 0.963 bits per heavy atom. The van der Waals surface area contributed by atoms with Crippen LogP contribution in [0.25, 0.3) is 0 Å². The van der Waals surface area contributed by atoms with E-state index in [9.17, 15) is 19.2 Å². The summed E-state index contributed by atoms with van der Waals surface area (Å²) in [5.41, 5.74) is 0. The van der Waals surface area contributed by atoms with E-state index in [-0.39, 0.29) is 62.8 Å². The maximum Gasteiger partial charge on any atom is 0.349 e. The Labute approximate surface area is 180 Å². The molecule has 0 unspecified atom stereocenters. The summed E-state index contributed by atoms with van der Waals surface area (Å²) in [6.07, 6.45) is 1.58. The van der Waals surface area contributed by atoms with Gasteiger partial charge in [-0.3, -0.25) is 19.4 Å². The normalized spacial score (nSPS) is 9.78. The van der Waals surface area contributed by atoms with E-state index < -0.39 is 11.9 Å². The Balaban J connectivity index is -0.000000411.